The topological polar surface area (TPSA) is 67.9 Å². The minimum absolute atomic E-state index is 0.00803. The van der Waals surface area contributed by atoms with E-state index in [0.717, 1.165) is 31.0 Å². The zero-order valence-electron chi connectivity index (χ0n) is 22.6. The predicted octanol–water partition coefficient (Wildman–Crippen LogP) is 8.29. The quantitative estimate of drug-likeness (QED) is 0.314. The number of fused-ring (bicyclic) bond motifs is 1. The molecule has 43 heavy (non-hydrogen) atoms. The van der Waals surface area contributed by atoms with Crippen molar-refractivity contribution in [3.63, 3.8) is 0 Å². The molecule has 236 valence electrons. The van der Waals surface area contributed by atoms with Crippen molar-refractivity contribution < 1.29 is 58.6 Å². The largest absolute Gasteiger partial charge is 0.449 e. The van der Waals surface area contributed by atoms with Crippen LogP contribution in [0.25, 0.3) is 0 Å². The Morgan fingerprint density at radius 1 is 0.837 bits per heavy atom. The van der Waals surface area contributed by atoms with E-state index in [0.29, 0.717) is 18.6 Å². The van der Waals surface area contributed by atoms with Crippen molar-refractivity contribution >= 4 is 17.9 Å². The van der Waals surface area contributed by atoms with Crippen LogP contribution in [0.5, 0.6) is 0 Å². The maximum absolute atomic E-state index is 13.6. The van der Waals surface area contributed by atoms with E-state index >= 15 is 0 Å². The molecule has 1 N–H and O–H groups in total. The molecule has 1 saturated carbocycles. The third-order valence-corrected chi connectivity index (χ3v) is 7.15. The number of anilines is 1. The summed E-state index contributed by atoms with van der Waals surface area (Å²) in [7, 11) is 0. The molecule has 2 aliphatic rings. The van der Waals surface area contributed by atoms with Crippen molar-refractivity contribution in [2.45, 2.75) is 69.6 Å². The number of alkyl halides is 9. The van der Waals surface area contributed by atoms with Crippen molar-refractivity contribution in [3.8, 4) is 0 Å². The number of nitrogens with one attached hydrogen (secondary N) is 1. The van der Waals surface area contributed by atoms with E-state index in [-0.39, 0.29) is 41.8 Å². The smallest absolute Gasteiger partial charge is 0.416 e. The van der Waals surface area contributed by atoms with Gasteiger partial charge in [-0.2, -0.15) is 39.5 Å². The lowest BCUT2D eigenvalue weighted by atomic mass is 9.88. The molecule has 4 rings (SSSR count). The molecule has 2 unspecified atom stereocenters. The highest BCUT2D eigenvalue weighted by Gasteiger charge is 2.46. The first-order valence-electron chi connectivity index (χ1n) is 13.4. The highest BCUT2D eigenvalue weighted by molar-refractivity contribution is 5.91. The van der Waals surface area contributed by atoms with Crippen LogP contribution in [0, 0.1) is 5.92 Å². The number of amides is 2. The molecule has 15 heteroatoms. The molecule has 0 radical (unpaired) electrons. The lowest BCUT2D eigenvalue weighted by molar-refractivity contribution is -0.143. The number of alkyl carbamates (subject to hydrolysis) is 1. The predicted molar refractivity (Wildman–Crippen MR) is 134 cm³/mol. The van der Waals surface area contributed by atoms with Crippen molar-refractivity contribution in [3.05, 3.63) is 64.2 Å². The number of rotatable bonds is 7. The Balaban J connectivity index is 1.54. The summed E-state index contributed by atoms with van der Waals surface area (Å²) in [4.78, 5) is 26.9. The summed E-state index contributed by atoms with van der Waals surface area (Å²) in [6.07, 6.45) is -15.2. The minimum atomic E-state index is -5.05. The van der Waals surface area contributed by atoms with E-state index in [2.05, 4.69) is 5.32 Å². The first-order valence-corrected chi connectivity index (χ1v) is 13.4. The van der Waals surface area contributed by atoms with E-state index in [1.165, 1.54) is 4.90 Å². The second-order valence-electron chi connectivity index (χ2n) is 10.4. The van der Waals surface area contributed by atoms with E-state index in [9.17, 15) is 49.1 Å². The molecule has 1 fully saturated rings. The van der Waals surface area contributed by atoms with Crippen molar-refractivity contribution in [1.82, 2.24) is 5.32 Å². The van der Waals surface area contributed by atoms with Crippen LogP contribution in [0.2, 0.25) is 0 Å². The maximum Gasteiger partial charge on any atom is 0.416 e. The molecule has 0 saturated heterocycles. The monoisotopic (exact) mass is 626 g/mol. The van der Waals surface area contributed by atoms with Gasteiger partial charge < -0.3 is 14.8 Å². The minimum Gasteiger partial charge on any atom is -0.449 e. The molecular weight excluding hydrogens is 599 g/mol. The SMILES string of the molecule is CCCOC(=O)N1c2ccc(C(F)(F)F)cc2C(NC(=O)OCCc2cc(C(F)(F)F)cc(C(F)(F)F)c2)CC1C1CC1. The van der Waals surface area contributed by atoms with Gasteiger partial charge in [-0.25, -0.2) is 9.59 Å². The molecule has 0 aromatic heterocycles. The highest BCUT2D eigenvalue weighted by atomic mass is 19.4. The summed E-state index contributed by atoms with van der Waals surface area (Å²) in [5.74, 6) is 0.00803. The number of halogens is 9. The first-order chi connectivity index (χ1) is 20.0. The molecule has 0 bridgehead atoms. The van der Waals surface area contributed by atoms with Gasteiger partial charge in [0, 0.05) is 12.5 Å². The molecule has 2 amide bonds. The normalized spacial score (nSPS) is 19.1. The van der Waals surface area contributed by atoms with Crippen LogP contribution in [0.15, 0.2) is 36.4 Å². The van der Waals surface area contributed by atoms with Gasteiger partial charge in [0.1, 0.15) is 0 Å². The summed E-state index contributed by atoms with van der Waals surface area (Å²) in [5, 5.41) is 2.46. The number of carbonyl (C=O) groups excluding carboxylic acids is 2. The third-order valence-electron chi connectivity index (χ3n) is 7.15. The average molecular weight is 627 g/mol. The standard InChI is InChI=1S/C28H27F9N2O4/c1-2-8-43-25(41)39-22-6-5-17(26(29,30)31)13-20(22)21(14-23(39)16-3-4-16)38-24(40)42-9-7-15-10-18(27(32,33)34)12-19(11-15)28(35,36)37/h5-6,10-13,16,21,23H,2-4,7-9,14H2,1H3,(H,38,40). The van der Waals surface area contributed by atoms with Gasteiger partial charge in [-0.1, -0.05) is 6.92 Å². The Labute approximate surface area is 240 Å². The van der Waals surface area contributed by atoms with Crippen LogP contribution in [0.4, 0.5) is 54.8 Å². The van der Waals surface area contributed by atoms with Gasteiger partial charge in [-0.05, 0) is 79.1 Å². The summed E-state index contributed by atoms with van der Waals surface area (Å²) in [5.41, 5.74) is -4.36. The van der Waals surface area contributed by atoms with E-state index in [1.807, 2.05) is 0 Å². The summed E-state index contributed by atoms with van der Waals surface area (Å²) in [6, 6.07) is 2.20. The molecule has 1 heterocycles. The number of carbonyl (C=O) groups is 2. The van der Waals surface area contributed by atoms with E-state index < -0.39 is 72.5 Å². The van der Waals surface area contributed by atoms with Gasteiger partial charge in [-0.15, -0.1) is 0 Å². The van der Waals surface area contributed by atoms with E-state index in [4.69, 9.17) is 9.47 Å². The summed E-state index contributed by atoms with van der Waals surface area (Å²) >= 11 is 0. The van der Waals surface area contributed by atoms with Gasteiger partial charge in [-0.3, -0.25) is 4.90 Å². The Morgan fingerprint density at radius 2 is 1.44 bits per heavy atom. The van der Waals surface area contributed by atoms with Crippen LogP contribution in [-0.4, -0.2) is 31.4 Å². The zero-order chi connectivity index (χ0) is 31.7. The molecule has 1 aliphatic heterocycles. The fourth-order valence-electron chi connectivity index (χ4n) is 5.00. The van der Waals surface area contributed by atoms with Gasteiger partial charge in [0.25, 0.3) is 0 Å². The lowest BCUT2D eigenvalue weighted by Crippen LogP contribution is -2.49. The second kappa shape index (κ2) is 12.2. The first kappa shape index (κ1) is 32.3. The van der Waals surface area contributed by atoms with Gasteiger partial charge in [0.15, 0.2) is 0 Å². The van der Waals surface area contributed by atoms with Gasteiger partial charge >= 0.3 is 30.7 Å². The molecular formula is C28H27F9N2O4. The Hall–Kier alpha value is -3.65. The molecule has 2 aromatic rings. The molecule has 0 spiro atoms. The lowest BCUT2D eigenvalue weighted by Gasteiger charge is -2.40. The van der Waals surface area contributed by atoms with Crippen LogP contribution in [0.1, 0.15) is 66.5 Å². The number of benzene rings is 2. The molecule has 2 aromatic carbocycles. The van der Waals surface area contributed by atoms with Gasteiger partial charge in [0.05, 0.1) is 41.6 Å². The van der Waals surface area contributed by atoms with Gasteiger partial charge in [0.2, 0.25) is 0 Å². The third kappa shape index (κ3) is 7.85. The van der Waals surface area contributed by atoms with Crippen molar-refractivity contribution in [2.75, 3.05) is 18.1 Å². The highest BCUT2D eigenvalue weighted by Crippen LogP contribution is 2.48. The van der Waals surface area contributed by atoms with Crippen LogP contribution in [0.3, 0.4) is 0 Å². The fourth-order valence-corrected chi connectivity index (χ4v) is 5.00. The Bertz CT molecular complexity index is 1300. The molecule has 6 nitrogen and oxygen atoms in total. The van der Waals surface area contributed by atoms with E-state index in [1.54, 1.807) is 6.92 Å². The number of nitrogens with zero attached hydrogens (tertiary/aromatic N) is 1. The number of ether oxygens (including phenoxy) is 2. The Morgan fingerprint density at radius 3 is 1.98 bits per heavy atom. The molecule has 2 atom stereocenters. The average Bonchev–Trinajstić information content (AvgIpc) is 3.75. The molecule has 1 aliphatic carbocycles. The Kier molecular flexibility index (Phi) is 9.12. The van der Waals surface area contributed by atoms with Crippen LogP contribution < -0.4 is 10.2 Å². The van der Waals surface area contributed by atoms with Crippen LogP contribution in [-0.2, 0) is 34.4 Å². The van der Waals surface area contributed by atoms with Crippen molar-refractivity contribution in [1.29, 1.82) is 0 Å². The zero-order valence-corrected chi connectivity index (χ0v) is 22.6. The maximum atomic E-state index is 13.6. The summed E-state index contributed by atoms with van der Waals surface area (Å²) < 4.78 is 130. The fraction of sp³-hybridized carbons (Fsp3) is 0.500. The summed E-state index contributed by atoms with van der Waals surface area (Å²) in [6.45, 7) is 1.25. The number of hydrogen-bond acceptors (Lipinski definition) is 4. The van der Waals surface area contributed by atoms with Crippen LogP contribution >= 0.6 is 0 Å². The second-order valence-corrected chi connectivity index (χ2v) is 10.4. The van der Waals surface area contributed by atoms with Crippen molar-refractivity contribution in [2.24, 2.45) is 5.92 Å². The number of hydrogen-bond donors (Lipinski definition) is 1.